The molecule has 2 amide bonds. The topological polar surface area (TPSA) is 58.6 Å². The predicted octanol–water partition coefficient (Wildman–Crippen LogP) is 4.05. The molecule has 0 saturated heterocycles. The van der Waals surface area contributed by atoms with Gasteiger partial charge in [0.2, 0.25) is 5.91 Å². The van der Waals surface area contributed by atoms with Crippen molar-refractivity contribution < 1.29 is 14.3 Å². The molecule has 1 atom stereocenters. The van der Waals surface area contributed by atoms with Gasteiger partial charge in [0.05, 0.1) is 5.69 Å². The SMILES string of the molecule is Cc1c(Cl)cccc1NC(=O)CN1C(=O)C(C)Oc2ccc(Cl)cc21. The molecule has 3 rings (SSSR count). The predicted molar refractivity (Wildman–Crippen MR) is 98.7 cm³/mol. The highest BCUT2D eigenvalue weighted by atomic mass is 35.5. The van der Waals surface area contributed by atoms with E-state index >= 15 is 0 Å². The third-order valence-corrected chi connectivity index (χ3v) is 4.62. The lowest BCUT2D eigenvalue weighted by atomic mass is 10.1. The molecule has 1 unspecified atom stereocenters. The van der Waals surface area contributed by atoms with E-state index in [4.69, 9.17) is 27.9 Å². The van der Waals surface area contributed by atoms with Gasteiger partial charge in [0.1, 0.15) is 12.3 Å². The Morgan fingerprint density at radius 3 is 2.80 bits per heavy atom. The molecule has 0 radical (unpaired) electrons. The van der Waals surface area contributed by atoms with Gasteiger partial charge in [-0.05, 0) is 49.7 Å². The molecule has 0 spiro atoms. The Labute approximate surface area is 155 Å². The number of carbonyl (C=O) groups excluding carboxylic acids is 2. The number of anilines is 2. The Bertz CT molecular complexity index is 854. The lowest BCUT2D eigenvalue weighted by Gasteiger charge is -2.32. The lowest BCUT2D eigenvalue weighted by molar-refractivity contribution is -0.127. The van der Waals surface area contributed by atoms with Gasteiger partial charge in [0.15, 0.2) is 6.10 Å². The molecule has 25 heavy (non-hydrogen) atoms. The summed E-state index contributed by atoms with van der Waals surface area (Å²) in [5.74, 6) is -0.116. The van der Waals surface area contributed by atoms with Crippen molar-refractivity contribution in [3.63, 3.8) is 0 Å². The van der Waals surface area contributed by atoms with Crippen LogP contribution in [0.4, 0.5) is 11.4 Å². The van der Waals surface area contributed by atoms with Crippen LogP contribution in [0.5, 0.6) is 5.75 Å². The second-order valence-corrected chi connectivity index (χ2v) is 6.60. The molecule has 2 aromatic rings. The van der Waals surface area contributed by atoms with E-state index in [9.17, 15) is 9.59 Å². The normalized spacial score (nSPS) is 16.2. The summed E-state index contributed by atoms with van der Waals surface area (Å²) in [6, 6.07) is 10.2. The van der Waals surface area contributed by atoms with E-state index in [1.807, 2.05) is 6.92 Å². The zero-order valence-electron chi connectivity index (χ0n) is 13.7. The molecule has 7 heteroatoms. The Morgan fingerprint density at radius 2 is 2.04 bits per heavy atom. The van der Waals surface area contributed by atoms with Gasteiger partial charge in [-0.3, -0.25) is 14.5 Å². The minimum atomic E-state index is -0.672. The number of amides is 2. The fourth-order valence-electron chi connectivity index (χ4n) is 2.62. The fraction of sp³-hybridized carbons (Fsp3) is 0.222. The molecule has 1 heterocycles. The number of hydrogen-bond acceptors (Lipinski definition) is 3. The third-order valence-electron chi connectivity index (χ3n) is 3.97. The Hall–Kier alpha value is -2.24. The molecular formula is C18H16Cl2N2O3. The van der Waals surface area contributed by atoms with E-state index in [0.29, 0.717) is 27.2 Å². The molecule has 1 aliphatic heterocycles. The number of benzene rings is 2. The average Bonchev–Trinajstić information content (AvgIpc) is 2.57. The average molecular weight is 379 g/mol. The third kappa shape index (κ3) is 3.57. The van der Waals surface area contributed by atoms with Crippen LogP contribution in [0.1, 0.15) is 12.5 Å². The highest BCUT2D eigenvalue weighted by Crippen LogP contribution is 2.36. The van der Waals surface area contributed by atoms with Crippen molar-refractivity contribution in [3.05, 3.63) is 52.0 Å². The molecule has 5 nitrogen and oxygen atoms in total. The summed E-state index contributed by atoms with van der Waals surface area (Å²) < 4.78 is 5.56. The van der Waals surface area contributed by atoms with Crippen LogP contribution in [0.25, 0.3) is 0 Å². The van der Waals surface area contributed by atoms with Gasteiger partial charge in [-0.15, -0.1) is 0 Å². The van der Waals surface area contributed by atoms with Crippen molar-refractivity contribution >= 4 is 46.4 Å². The molecule has 0 aliphatic carbocycles. The Kier molecular flexibility index (Phi) is 4.88. The van der Waals surface area contributed by atoms with Crippen LogP contribution in [0.15, 0.2) is 36.4 Å². The van der Waals surface area contributed by atoms with Gasteiger partial charge in [0, 0.05) is 15.7 Å². The van der Waals surface area contributed by atoms with Crippen molar-refractivity contribution in [2.45, 2.75) is 20.0 Å². The van der Waals surface area contributed by atoms with Crippen LogP contribution in [0.2, 0.25) is 10.0 Å². The highest BCUT2D eigenvalue weighted by molar-refractivity contribution is 6.32. The van der Waals surface area contributed by atoms with E-state index in [-0.39, 0.29) is 18.4 Å². The fourth-order valence-corrected chi connectivity index (χ4v) is 2.96. The maximum absolute atomic E-state index is 12.5. The van der Waals surface area contributed by atoms with Crippen molar-refractivity contribution in [2.24, 2.45) is 0 Å². The summed E-state index contributed by atoms with van der Waals surface area (Å²) in [6.45, 7) is 3.31. The monoisotopic (exact) mass is 378 g/mol. The van der Waals surface area contributed by atoms with Crippen LogP contribution in [0.3, 0.4) is 0 Å². The van der Waals surface area contributed by atoms with E-state index in [1.54, 1.807) is 43.3 Å². The van der Waals surface area contributed by atoms with Crippen LogP contribution >= 0.6 is 23.2 Å². The number of nitrogens with zero attached hydrogens (tertiary/aromatic N) is 1. The number of nitrogens with one attached hydrogen (secondary N) is 1. The number of ether oxygens (including phenoxy) is 1. The zero-order chi connectivity index (χ0) is 18.1. The van der Waals surface area contributed by atoms with Gasteiger partial charge in [-0.2, -0.15) is 0 Å². The van der Waals surface area contributed by atoms with Gasteiger partial charge in [-0.25, -0.2) is 0 Å². The maximum atomic E-state index is 12.5. The van der Waals surface area contributed by atoms with E-state index < -0.39 is 6.10 Å². The number of fused-ring (bicyclic) bond motifs is 1. The Morgan fingerprint density at radius 1 is 1.28 bits per heavy atom. The smallest absolute Gasteiger partial charge is 0.268 e. The quantitative estimate of drug-likeness (QED) is 0.875. The number of halogens is 2. The second-order valence-electron chi connectivity index (χ2n) is 5.76. The van der Waals surface area contributed by atoms with Gasteiger partial charge >= 0.3 is 0 Å². The van der Waals surface area contributed by atoms with Crippen molar-refractivity contribution in [2.75, 3.05) is 16.8 Å². The summed E-state index contributed by atoms with van der Waals surface area (Å²) in [5, 5.41) is 3.81. The van der Waals surface area contributed by atoms with Gasteiger partial charge in [-0.1, -0.05) is 29.3 Å². The van der Waals surface area contributed by atoms with E-state index in [0.717, 1.165) is 5.56 Å². The first-order valence-corrected chi connectivity index (χ1v) is 8.45. The van der Waals surface area contributed by atoms with E-state index in [1.165, 1.54) is 4.90 Å². The minimum absolute atomic E-state index is 0.147. The molecule has 0 aromatic heterocycles. The standard InChI is InChI=1S/C18H16Cl2N2O3/c1-10-13(20)4-3-5-14(10)21-17(23)9-22-15-8-12(19)6-7-16(15)25-11(2)18(22)24/h3-8,11H,9H2,1-2H3,(H,21,23). The number of hydrogen-bond donors (Lipinski definition) is 1. The summed E-state index contributed by atoms with van der Waals surface area (Å²) in [6.07, 6.45) is -0.672. The minimum Gasteiger partial charge on any atom is -0.479 e. The molecule has 0 bridgehead atoms. The largest absolute Gasteiger partial charge is 0.479 e. The molecule has 0 saturated carbocycles. The molecular weight excluding hydrogens is 363 g/mol. The van der Waals surface area contributed by atoms with Crippen molar-refractivity contribution in [1.29, 1.82) is 0 Å². The number of rotatable bonds is 3. The van der Waals surface area contributed by atoms with Crippen LogP contribution in [0, 0.1) is 6.92 Å². The summed E-state index contributed by atoms with van der Waals surface area (Å²) in [4.78, 5) is 26.3. The maximum Gasteiger partial charge on any atom is 0.268 e. The van der Waals surface area contributed by atoms with Crippen LogP contribution < -0.4 is 15.0 Å². The van der Waals surface area contributed by atoms with Crippen molar-refractivity contribution in [3.8, 4) is 5.75 Å². The Balaban J connectivity index is 1.84. The summed E-state index contributed by atoms with van der Waals surface area (Å²) in [7, 11) is 0. The highest BCUT2D eigenvalue weighted by Gasteiger charge is 2.33. The van der Waals surface area contributed by atoms with E-state index in [2.05, 4.69) is 5.32 Å². The molecule has 1 N–H and O–H groups in total. The zero-order valence-corrected chi connectivity index (χ0v) is 15.2. The van der Waals surface area contributed by atoms with Crippen molar-refractivity contribution in [1.82, 2.24) is 0 Å². The first-order chi connectivity index (χ1) is 11.9. The molecule has 0 fully saturated rings. The second kappa shape index (κ2) is 6.94. The molecule has 130 valence electrons. The molecule has 2 aromatic carbocycles. The lowest BCUT2D eigenvalue weighted by Crippen LogP contribution is -2.47. The van der Waals surface area contributed by atoms with Crippen LogP contribution in [-0.4, -0.2) is 24.5 Å². The number of carbonyl (C=O) groups is 2. The molecule has 1 aliphatic rings. The first-order valence-electron chi connectivity index (χ1n) is 7.69. The summed E-state index contributed by atoms with van der Waals surface area (Å²) >= 11 is 12.1. The van der Waals surface area contributed by atoms with Gasteiger partial charge in [0.25, 0.3) is 5.91 Å². The van der Waals surface area contributed by atoms with Gasteiger partial charge < -0.3 is 10.1 Å². The summed E-state index contributed by atoms with van der Waals surface area (Å²) in [5.41, 5.74) is 1.86. The van der Waals surface area contributed by atoms with Crippen LogP contribution in [-0.2, 0) is 9.59 Å². The first kappa shape index (κ1) is 17.6.